The van der Waals surface area contributed by atoms with Gasteiger partial charge in [0.25, 0.3) is 11.8 Å². The summed E-state index contributed by atoms with van der Waals surface area (Å²) in [6, 6.07) is 7.68. The minimum atomic E-state index is -1.31. The first-order valence-electron chi connectivity index (χ1n) is 32.7. The smallest absolute Gasteiger partial charge is 0.410 e. The summed E-state index contributed by atoms with van der Waals surface area (Å²) in [5.41, 5.74) is 6.81. The number of ether oxygens (including phenoxy) is 3. The fourth-order valence-corrected chi connectivity index (χ4v) is 11.9. The number of carbonyl (C=O) groups excluding carboxylic acids is 12. The number of amides is 12. The Morgan fingerprint density at radius 3 is 1.89 bits per heavy atom. The van der Waals surface area contributed by atoms with Crippen molar-refractivity contribution in [2.45, 2.75) is 201 Å². The number of aliphatic hydroxyl groups excluding tert-OH is 1. The van der Waals surface area contributed by atoms with Gasteiger partial charge in [-0.15, -0.1) is 0 Å². The number of carbonyl (C=O) groups is 12. The lowest BCUT2D eigenvalue weighted by Gasteiger charge is -2.41. The summed E-state index contributed by atoms with van der Waals surface area (Å²) in [6.07, 6.45) is 0.117. The number of benzene rings is 2. The van der Waals surface area contributed by atoms with Crippen LogP contribution in [0.25, 0.3) is 0 Å². The van der Waals surface area contributed by atoms with Crippen LogP contribution < -0.4 is 37.6 Å². The number of methoxy groups -OCH3 is 2. The molecule has 0 aliphatic carbocycles. The molecule has 0 bridgehead atoms. The quantitative estimate of drug-likeness (QED) is 0.0448. The first kappa shape index (κ1) is 79.1. The number of anilines is 1. The molecule has 2 aromatic carbocycles. The van der Waals surface area contributed by atoms with E-state index in [0.717, 1.165) is 22.0 Å². The van der Waals surface area contributed by atoms with Crippen molar-refractivity contribution in [1.82, 2.24) is 46.2 Å². The number of nitrogens with one attached hydrogen (secondary N) is 6. The van der Waals surface area contributed by atoms with Crippen LogP contribution in [-0.4, -0.2) is 198 Å². The highest BCUT2D eigenvalue weighted by Gasteiger charge is 2.44. The molecule has 95 heavy (non-hydrogen) atoms. The molecule has 526 valence electrons. The van der Waals surface area contributed by atoms with E-state index in [1.54, 1.807) is 77.8 Å². The third-order valence-electron chi connectivity index (χ3n) is 17.5. The highest BCUT2D eigenvalue weighted by molar-refractivity contribution is 6.13. The largest absolute Gasteiger partial charge is 0.445 e. The molecule has 27 heteroatoms. The highest BCUT2D eigenvalue weighted by Crippen LogP contribution is 2.31. The Morgan fingerprint density at radius 1 is 0.705 bits per heavy atom. The Labute approximate surface area is 558 Å². The summed E-state index contributed by atoms with van der Waals surface area (Å²) < 4.78 is 17.7. The van der Waals surface area contributed by atoms with Crippen molar-refractivity contribution in [2.24, 2.45) is 35.3 Å². The van der Waals surface area contributed by atoms with Gasteiger partial charge in [0, 0.05) is 72.1 Å². The summed E-state index contributed by atoms with van der Waals surface area (Å²) >= 11 is 0. The molecule has 0 radical (unpaired) electrons. The summed E-state index contributed by atoms with van der Waals surface area (Å²) in [5.74, 6) is -8.17. The number of hydrogen-bond acceptors (Lipinski definition) is 16. The van der Waals surface area contributed by atoms with Gasteiger partial charge >= 0.3 is 6.09 Å². The van der Waals surface area contributed by atoms with E-state index in [2.05, 4.69) is 31.9 Å². The summed E-state index contributed by atoms with van der Waals surface area (Å²) in [7, 11) is 6.03. The van der Waals surface area contributed by atoms with Crippen LogP contribution in [0.1, 0.15) is 145 Å². The average Bonchev–Trinajstić information content (AvgIpc) is 1.96. The topological polar surface area (TPSA) is 364 Å². The van der Waals surface area contributed by atoms with Gasteiger partial charge in [-0.05, 0) is 86.5 Å². The van der Waals surface area contributed by atoms with E-state index in [1.165, 1.54) is 45.2 Å². The molecule has 1 fully saturated rings. The van der Waals surface area contributed by atoms with Crippen molar-refractivity contribution < 1.29 is 76.9 Å². The molecule has 1 saturated heterocycles. The van der Waals surface area contributed by atoms with Crippen LogP contribution in [-0.2, 0) is 73.6 Å². The average molecular weight is 1330 g/mol. The lowest BCUT2D eigenvalue weighted by Crippen LogP contribution is -2.60. The fraction of sp³-hybridized carbons (Fsp3) is 0.618. The SMILES string of the molecule is CC[C@H](C)[C@@H]([C@@H](CC(=O)N1CCC[C@H]1[C@H](OC)[C@@H](C)C(=O)N[C@H](C)[C@@H](O)c1ccccc1)OC)N(C)C(=O)[C@@H](NC(=O)[C@H](C(C)C)N(C)C(=O)OCc1ccc(NC(=O)[C@H](CCC(N)=O)NC(=O)[C@H](C)NC(=O)[C@@H](CC(C)C)NC(=O)CCN2C(=O)C=CC2=O)cc1)C(C)C. The van der Waals surface area contributed by atoms with Crippen LogP contribution in [0.15, 0.2) is 66.7 Å². The minimum Gasteiger partial charge on any atom is -0.445 e. The van der Waals surface area contributed by atoms with E-state index in [-0.39, 0.29) is 74.6 Å². The lowest BCUT2D eigenvalue weighted by atomic mass is 9.89. The second-order valence-corrected chi connectivity index (χ2v) is 26.0. The molecule has 2 aromatic rings. The van der Waals surface area contributed by atoms with Crippen molar-refractivity contribution in [3.63, 3.8) is 0 Å². The van der Waals surface area contributed by atoms with Crippen molar-refractivity contribution in [3.8, 4) is 0 Å². The van der Waals surface area contributed by atoms with Gasteiger partial charge in [0.1, 0.15) is 36.8 Å². The summed E-state index contributed by atoms with van der Waals surface area (Å²) in [4.78, 5) is 166. The normalized spacial score (nSPS) is 17.7. The zero-order valence-corrected chi connectivity index (χ0v) is 57.8. The first-order valence-corrected chi connectivity index (χ1v) is 32.7. The lowest BCUT2D eigenvalue weighted by molar-refractivity contribution is -0.148. The molecule has 2 heterocycles. The first-order chi connectivity index (χ1) is 44.8. The number of likely N-dealkylation sites (tertiary alicyclic amines) is 1. The van der Waals surface area contributed by atoms with Crippen molar-refractivity contribution in [2.75, 3.05) is 46.7 Å². The number of imide groups is 1. The van der Waals surface area contributed by atoms with E-state index < -0.39 is 144 Å². The number of aliphatic hydroxyl groups is 1. The molecule has 12 amide bonds. The van der Waals surface area contributed by atoms with Crippen molar-refractivity contribution in [1.29, 1.82) is 0 Å². The predicted octanol–water partition coefficient (Wildman–Crippen LogP) is 3.62. The van der Waals surface area contributed by atoms with Crippen LogP contribution in [0.5, 0.6) is 0 Å². The summed E-state index contributed by atoms with van der Waals surface area (Å²) in [5, 5.41) is 27.2. The van der Waals surface area contributed by atoms with Crippen LogP contribution in [0.3, 0.4) is 0 Å². The number of hydrogen-bond donors (Lipinski definition) is 8. The van der Waals surface area contributed by atoms with Crippen LogP contribution in [0, 0.1) is 29.6 Å². The van der Waals surface area contributed by atoms with Crippen molar-refractivity contribution >= 4 is 76.8 Å². The zero-order chi connectivity index (χ0) is 71.1. The van der Waals surface area contributed by atoms with E-state index in [9.17, 15) is 62.6 Å². The maximum Gasteiger partial charge on any atom is 0.410 e. The molecule has 27 nitrogen and oxygen atoms in total. The highest BCUT2D eigenvalue weighted by atomic mass is 16.6. The Balaban J connectivity index is 1.37. The number of nitrogens with zero attached hydrogens (tertiary/aromatic N) is 4. The summed E-state index contributed by atoms with van der Waals surface area (Å²) in [6.45, 7) is 19.4. The van der Waals surface area contributed by atoms with Crippen LogP contribution in [0.2, 0.25) is 0 Å². The van der Waals surface area contributed by atoms with Gasteiger partial charge in [-0.3, -0.25) is 62.5 Å². The number of nitrogens with two attached hydrogens (primary N) is 1. The molecule has 0 spiro atoms. The Kier molecular flexibility index (Phi) is 31.4. The monoisotopic (exact) mass is 1330 g/mol. The molecular formula is C68H103N11O16. The van der Waals surface area contributed by atoms with Crippen LogP contribution in [0.4, 0.5) is 10.5 Å². The Bertz CT molecular complexity index is 2980. The third kappa shape index (κ3) is 23.0. The van der Waals surface area contributed by atoms with E-state index in [0.29, 0.717) is 36.9 Å². The fourth-order valence-electron chi connectivity index (χ4n) is 11.9. The van der Waals surface area contributed by atoms with Gasteiger partial charge in [0.2, 0.25) is 53.2 Å². The Hall–Kier alpha value is -8.30. The zero-order valence-electron chi connectivity index (χ0n) is 57.8. The minimum absolute atomic E-state index is 0.0814. The number of primary amides is 1. The van der Waals surface area contributed by atoms with Gasteiger partial charge < -0.3 is 66.8 Å². The molecular weight excluding hydrogens is 1230 g/mol. The third-order valence-corrected chi connectivity index (χ3v) is 17.5. The van der Waals surface area contributed by atoms with E-state index in [4.69, 9.17) is 19.9 Å². The molecule has 0 saturated carbocycles. The molecule has 0 unspecified atom stereocenters. The molecule has 0 aromatic heterocycles. The molecule has 13 atom stereocenters. The van der Waals surface area contributed by atoms with E-state index >= 15 is 0 Å². The Morgan fingerprint density at radius 2 is 1.34 bits per heavy atom. The van der Waals surface area contributed by atoms with Gasteiger partial charge in [0.05, 0.1) is 48.8 Å². The van der Waals surface area contributed by atoms with E-state index in [1.807, 2.05) is 45.9 Å². The van der Waals surface area contributed by atoms with Gasteiger partial charge in [0.15, 0.2) is 0 Å². The maximum absolute atomic E-state index is 14.8. The number of likely N-dealkylation sites (N-methyl/N-ethyl adjacent to an activating group) is 2. The van der Waals surface area contributed by atoms with Crippen molar-refractivity contribution in [3.05, 3.63) is 77.9 Å². The number of rotatable bonds is 37. The second kappa shape index (κ2) is 37.7. The standard InChI is InChI=1S/C68H103N11O16/c1-16-41(8)59(51(93-14)36-56(84)78-33-20-23-50(78)61(94-15)42(9)62(86)70-43(10)60(85)46-21-18-17-19-22-46)76(12)67(91)57(39(4)5)75-66(90)58(40(6)7)77(13)68(92)95-37-45-24-26-47(27-25-45)72-64(88)48(28-29-52(69)80)74-63(87)44(11)71-65(89)49(35-38(2)3)73-53(81)32-34-79-54(82)30-31-55(79)83/h17-19,21-22,24-27,30-31,38-44,48-51,57-61,85H,16,20,23,28-29,32-37H2,1-15H3,(H2,69,80)(H,70,86)(H,71,89)(H,72,88)(H,73,81)(H,74,87)(H,75,90)/t41-,42+,43+,44-,48-,49+,50-,51+,57-,58-,59-,60+,61+/m0/s1. The second-order valence-electron chi connectivity index (χ2n) is 26.0. The molecule has 4 rings (SSSR count). The molecule has 9 N–H and O–H groups in total. The van der Waals surface area contributed by atoms with Crippen LogP contribution >= 0.6 is 0 Å². The van der Waals surface area contributed by atoms with Gasteiger partial charge in [-0.2, -0.15) is 0 Å². The maximum atomic E-state index is 14.8. The van der Waals surface area contributed by atoms with Gasteiger partial charge in [-0.1, -0.05) is 111 Å². The predicted molar refractivity (Wildman–Crippen MR) is 353 cm³/mol. The molecule has 2 aliphatic rings. The van der Waals surface area contributed by atoms with Gasteiger partial charge in [-0.25, -0.2) is 4.79 Å². The molecule has 2 aliphatic heterocycles.